The van der Waals surface area contributed by atoms with E-state index in [2.05, 4.69) is 25.2 Å². The summed E-state index contributed by atoms with van der Waals surface area (Å²) in [5, 5.41) is 4.60. The molecule has 2 aromatic carbocycles. The van der Waals surface area contributed by atoms with Crippen LogP contribution in [0.2, 0.25) is 5.02 Å². The molecule has 1 fully saturated rings. The monoisotopic (exact) mass is 519 g/mol. The van der Waals surface area contributed by atoms with Gasteiger partial charge in [-0.05, 0) is 23.8 Å². The van der Waals surface area contributed by atoms with Gasteiger partial charge in [0.15, 0.2) is 11.3 Å². The number of nitrogens with zero attached hydrogens (tertiary/aromatic N) is 5. The fourth-order valence-electron chi connectivity index (χ4n) is 4.55. The Hall–Kier alpha value is -3.86. The molecule has 3 N–H and O–H groups in total. The number of fused-ring (bicyclic) bond motifs is 2. The molecule has 0 radical (unpaired) electrons. The van der Waals surface area contributed by atoms with Gasteiger partial charge in [-0.25, -0.2) is 9.97 Å². The Morgan fingerprint density at radius 3 is 2.76 bits per heavy atom. The van der Waals surface area contributed by atoms with Crippen LogP contribution in [0.25, 0.3) is 33.3 Å². The third-order valence-electron chi connectivity index (χ3n) is 6.42. The number of aryl methyl sites for hydroxylation is 1. The van der Waals surface area contributed by atoms with Crippen LogP contribution in [0.1, 0.15) is 0 Å². The number of hydrogen-bond donors (Lipinski definition) is 2. The summed E-state index contributed by atoms with van der Waals surface area (Å²) in [5.74, 6) is 1.03. The number of halogens is 1. The molecule has 0 aliphatic carbocycles. The number of ether oxygens (including phenoxy) is 2. The summed E-state index contributed by atoms with van der Waals surface area (Å²) >= 11 is 6.32. The molecule has 0 unspecified atom stereocenters. The maximum Gasteiger partial charge on any atom is 0.300 e. The van der Waals surface area contributed by atoms with Gasteiger partial charge in [0.2, 0.25) is 0 Å². The van der Waals surface area contributed by atoms with E-state index in [4.69, 9.17) is 31.2 Å². The van der Waals surface area contributed by atoms with Crippen LogP contribution < -0.4 is 15.8 Å². The van der Waals surface area contributed by atoms with E-state index in [9.17, 15) is 0 Å². The predicted molar refractivity (Wildman–Crippen MR) is 143 cm³/mol. The summed E-state index contributed by atoms with van der Waals surface area (Å²) in [5.41, 5.74) is 10.9. The topological polar surface area (TPSA) is 116 Å². The standard InChI is InChI=1S/C26H26ClN7O3/c1-33-14-19(22-24(28)29-15-30-25(22)33)16-2-4-18(5-3-16)31-26-32-20-12-17(27)13-21(23(20)37-26)36-11-8-34-6-9-35-10-7-34/h2-5,12-15H,6-11H2,1H3,(H,31,32)(H2,28,29,30). The molecule has 1 saturated heterocycles. The van der Waals surface area contributed by atoms with Gasteiger partial charge < -0.3 is 29.5 Å². The van der Waals surface area contributed by atoms with Gasteiger partial charge in [-0.3, -0.25) is 4.90 Å². The number of nitrogen functional groups attached to an aromatic ring is 1. The van der Waals surface area contributed by atoms with Gasteiger partial charge in [0.05, 0.1) is 18.6 Å². The lowest BCUT2D eigenvalue weighted by atomic mass is 10.1. The van der Waals surface area contributed by atoms with Crippen molar-refractivity contribution in [3.63, 3.8) is 0 Å². The van der Waals surface area contributed by atoms with Crippen molar-refractivity contribution < 1.29 is 13.9 Å². The molecule has 0 saturated carbocycles. The highest BCUT2D eigenvalue weighted by molar-refractivity contribution is 6.31. The molecule has 0 spiro atoms. The fourth-order valence-corrected chi connectivity index (χ4v) is 4.75. The number of nitrogens with two attached hydrogens (primary N) is 1. The van der Waals surface area contributed by atoms with Gasteiger partial charge in [0.25, 0.3) is 6.01 Å². The predicted octanol–water partition coefficient (Wildman–Crippen LogP) is 4.47. The van der Waals surface area contributed by atoms with Crippen LogP contribution >= 0.6 is 11.6 Å². The Morgan fingerprint density at radius 2 is 1.95 bits per heavy atom. The Bertz CT molecular complexity index is 1560. The van der Waals surface area contributed by atoms with Crippen molar-refractivity contribution in [3.05, 3.63) is 53.9 Å². The van der Waals surface area contributed by atoms with E-state index in [1.54, 1.807) is 12.1 Å². The van der Waals surface area contributed by atoms with Crippen molar-refractivity contribution in [1.82, 2.24) is 24.4 Å². The smallest absolute Gasteiger partial charge is 0.300 e. The first-order valence-corrected chi connectivity index (χ1v) is 12.4. The van der Waals surface area contributed by atoms with Gasteiger partial charge in [0, 0.05) is 55.2 Å². The minimum Gasteiger partial charge on any atom is -0.488 e. The Kier molecular flexibility index (Phi) is 6.29. The lowest BCUT2D eigenvalue weighted by Gasteiger charge is -2.26. The lowest BCUT2D eigenvalue weighted by molar-refractivity contribution is 0.0323. The molecule has 0 bridgehead atoms. The summed E-state index contributed by atoms with van der Waals surface area (Å²) < 4.78 is 19.4. The molecule has 10 nitrogen and oxygen atoms in total. The van der Waals surface area contributed by atoms with E-state index in [1.165, 1.54) is 6.33 Å². The van der Waals surface area contributed by atoms with E-state index >= 15 is 0 Å². The highest BCUT2D eigenvalue weighted by atomic mass is 35.5. The van der Waals surface area contributed by atoms with Crippen molar-refractivity contribution >= 4 is 51.3 Å². The molecule has 11 heteroatoms. The Morgan fingerprint density at radius 1 is 1.14 bits per heavy atom. The quantitative estimate of drug-likeness (QED) is 0.321. The van der Waals surface area contributed by atoms with E-state index in [0.717, 1.165) is 60.7 Å². The number of aromatic nitrogens is 4. The number of hydrogen-bond acceptors (Lipinski definition) is 9. The minimum atomic E-state index is 0.353. The molecule has 0 amide bonds. The van der Waals surface area contributed by atoms with E-state index in [0.29, 0.717) is 40.3 Å². The molecule has 1 aliphatic rings. The second-order valence-corrected chi connectivity index (χ2v) is 9.32. The maximum absolute atomic E-state index is 6.32. The van der Waals surface area contributed by atoms with Gasteiger partial charge >= 0.3 is 0 Å². The van der Waals surface area contributed by atoms with Gasteiger partial charge in [0.1, 0.15) is 29.9 Å². The number of rotatable bonds is 7. The molecule has 4 heterocycles. The number of benzene rings is 2. The highest BCUT2D eigenvalue weighted by Crippen LogP contribution is 2.35. The van der Waals surface area contributed by atoms with Crippen LogP contribution in [0, 0.1) is 0 Å². The summed E-state index contributed by atoms with van der Waals surface area (Å²) in [6.07, 6.45) is 3.48. The molecule has 0 atom stereocenters. The van der Waals surface area contributed by atoms with Crippen LogP contribution in [0.5, 0.6) is 5.75 Å². The SMILES string of the molecule is Cn1cc(-c2ccc(Nc3nc4cc(Cl)cc(OCCN5CCOCC5)c4o3)cc2)c2c(N)ncnc21. The maximum atomic E-state index is 6.32. The number of nitrogens with one attached hydrogen (secondary N) is 1. The van der Waals surface area contributed by atoms with Crippen LogP contribution in [0.4, 0.5) is 17.5 Å². The van der Waals surface area contributed by atoms with Crippen molar-refractivity contribution in [2.24, 2.45) is 7.05 Å². The zero-order valence-electron chi connectivity index (χ0n) is 20.3. The average Bonchev–Trinajstić information content (AvgIpc) is 3.46. The second-order valence-electron chi connectivity index (χ2n) is 8.89. The van der Waals surface area contributed by atoms with Gasteiger partial charge in [-0.15, -0.1) is 0 Å². The lowest BCUT2D eigenvalue weighted by Crippen LogP contribution is -2.38. The molecule has 6 rings (SSSR count). The number of morpholine rings is 1. The Balaban J connectivity index is 1.20. The van der Waals surface area contributed by atoms with Crippen molar-refractivity contribution in [3.8, 4) is 16.9 Å². The molecular weight excluding hydrogens is 494 g/mol. The molecule has 5 aromatic rings. The van der Waals surface area contributed by atoms with E-state index in [1.807, 2.05) is 42.1 Å². The number of oxazole rings is 1. The molecule has 37 heavy (non-hydrogen) atoms. The van der Waals surface area contributed by atoms with E-state index in [-0.39, 0.29) is 0 Å². The first-order valence-electron chi connectivity index (χ1n) is 12.0. The number of anilines is 3. The fraction of sp³-hybridized carbons (Fsp3) is 0.269. The van der Waals surface area contributed by atoms with E-state index < -0.39 is 0 Å². The van der Waals surface area contributed by atoms with Gasteiger partial charge in [-0.1, -0.05) is 23.7 Å². The van der Waals surface area contributed by atoms with Crippen molar-refractivity contribution in [2.75, 3.05) is 50.5 Å². The highest BCUT2D eigenvalue weighted by Gasteiger charge is 2.16. The normalized spacial score (nSPS) is 14.4. The minimum absolute atomic E-state index is 0.353. The summed E-state index contributed by atoms with van der Waals surface area (Å²) in [6, 6.07) is 11.8. The Labute approximate surface area is 218 Å². The van der Waals surface area contributed by atoms with Crippen LogP contribution in [0.3, 0.4) is 0 Å². The molecule has 1 aliphatic heterocycles. The van der Waals surface area contributed by atoms with Crippen LogP contribution in [-0.2, 0) is 11.8 Å². The first kappa shape index (κ1) is 23.5. The molecule has 190 valence electrons. The largest absolute Gasteiger partial charge is 0.488 e. The molecular formula is C26H26ClN7O3. The van der Waals surface area contributed by atoms with Crippen molar-refractivity contribution in [1.29, 1.82) is 0 Å². The zero-order chi connectivity index (χ0) is 25.4. The zero-order valence-corrected chi connectivity index (χ0v) is 21.0. The van der Waals surface area contributed by atoms with Crippen LogP contribution in [-0.4, -0.2) is 63.9 Å². The van der Waals surface area contributed by atoms with Crippen LogP contribution in [0.15, 0.2) is 53.3 Å². The van der Waals surface area contributed by atoms with Gasteiger partial charge in [-0.2, -0.15) is 4.98 Å². The summed E-state index contributed by atoms with van der Waals surface area (Å²) in [6.45, 7) is 4.64. The third kappa shape index (κ3) is 4.78. The molecule has 3 aromatic heterocycles. The second kappa shape index (κ2) is 9.89. The first-order chi connectivity index (χ1) is 18.0. The average molecular weight is 520 g/mol. The third-order valence-corrected chi connectivity index (χ3v) is 6.64. The summed E-state index contributed by atoms with van der Waals surface area (Å²) in [7, 11) is 1.94. The summed E-state index contributed by atoms with van der Waals surface area (Å²) in [4.78, 5) is 15.4. The van der Waals surface area contributed by atoms with Crippen molar-refractivity contribution in [2.45, 2.75) is 0 Å².